The molecule has 0 fully saturated rings. The van der Waals surface area contributed by atoms with E-state index >= 15 is 0 Å². The highest BCUT2D eigenvalue weighted by atomic mass is 79.9. The Kier molecular flexibility index (Phi) is 4.15. The standard InChI is InChI=1S/C11H7BrClFN4O2/c1-5(19)18-16-9(10(12)17-18)11(20)15-8-3-2-6(14)4-7(8)13/h2-4H,1H3,(H,15,20). The van der Waals surface area contributed by atoms with Crippen LogP contribution in [0.25, 0.3) is 0 Å². The first kappa shape index (κ1) is 14.6. The van der Waals surface area contributed by atoms with Crippen molar-refractivity contribution in [1.82, 2.24) is 15.0 Å². The van der Waals surface area contributed by atoms with Gasteiger partial charge in [0.05, 0.1) is 10.7 Å². The van der Waals surface area contributed by atoms with E-state index < -0.39 is 17.6 Å². The minimum atomic E-state index is -0.627. The fraction of sp³-hybridized carbons (Fsp3) is 0.0909. The number of rotatable bonds is 2. The SMILES string of the molecule is CC(=O)n1nc(Br)c(C(=O)Nc2ccc(F)cc2Cl)n1. The van der Waals surface area contributed by atoms with Gasteiger partial charge < -0.3 is 5.32 Å². The summed E-state index contributed by atoms with van der Waals surface area (Å²) >= 11 is 8.82. The van der Waals surface area contributed by atoms with Crippen LogP contribution in [0.4, 0.5) is 10.1 Å². The molecule has 0 atom stereocenters. The Bertz CT molecular complexity index is 704. The fourth-order valence-corrected chi connectivity index (χ4v) is 1.97. The van der Waals surface area contributed by atoms with E-state index in [9.17, 15) is 14.0 Å². The van der Waals surface area contributed by atoms with Crippen molar-refractivity contribution < 1.29 is 14.0 Å². The summed E-state index contributed by atoms with van der Waals surface area (Å²) in [5.74, 6) is -1.58. The zero-order valence-corrected chi connectivity index (χ0v) is 12.4. The van der Waals surface area contributed by atoms with Gasteiger partial charge in [0.2, 0.25) is 0 Å². The number of hydrogen-bond acceptors (Lipinski definition) is 4. The first-order valence-electron chi connectivity index (χ1n) is 5.28. The Morgan fingerprint density at radius 3 is 2.65 bits per heavy atom. The van der Waals surface area contributed by atoms with Gasteiger partial charge in [-0.15, -0.1) is 15.0 Å². The molecule has 0 bridgehead atoms. The third-order valence-electron chi connectivity index (χ3n) is 2.25. The van der Waals surface area contributed by atoms with Crippen molar-refractivity contribution >= 4 is 45.0 Å². The van der Waals surface area contributed by atoms with Crippen molar-refractivity contribution in [2.24, 2.45) is 0 Å². The molecular formula is C11H7BrClFN4O2. The molecule has 1 aromatic heterocycles. The Hall–Kier alpha value is -1.80. The van der Waals surface area contributed by atoms with Crippen molar-refractivity contribution in [2.75, 3.05) is 5.32 Å². The van der Waals surface area contributed by atoms with E-state index in [1.165, 1.54) is 13.0 Å². The van der Waals surface area contributed by atoms with E-state index in [1.54, 1.807) is 0 Å². The van der Waals surface area contributed by atoms with Gasteiger partial charge in [0.25, 0.3) is 11.8 Å². The van der Waals surface area contributed by atoms with E-state index in [4.69, 9.17) is 11.6 Å². The zero-order valence-electron chi connectivity index (χ0n) is 10.0. The van der Waals surface area contributed by atoms with Crippen molar-refractivity contribution in [3.63, 3.8) is 0 Å². The van der Waals surface area contributed by atoms with Gasteiger partial charge in [0.15, 0.2) is 10.3 Å². The number of benzene rings is 1. The van der Waals surface area contributed by atoms with Crippen LogP contribution in [-0.4, -0.2) is 26.8 Å². The van der Waals surface area contributed by atoms with Crippen molar-refractivity contribution in [3.05, 3.63) is 39.3 Å². The average Bonchev–Trinajstić information content (AvgIpc) is 2.75. The summed E-state index contributed by atoms with van der Waals surface area (Å²) in [5, 5.41) is 9.96. The van der Waals surface area contributed by atoms with Gasteiger partial charge in [-0.1, -0.05) is 11.6 Å². The van der Waals surface area contributed by atoms with E-state index in [0.29, 0.717) is 0 Å². The summed E-state index contributed by atoms with van der Waals surface area (Å²) in [7, 11) is 0. The van der Waals surface area contributed by atoms with E-state index in [-0.39, 0.29) is 21.0 Å². The molecule has 1 heterocycles. The maximum atomic E-state index is 12.9. The van der Waals surface area contributed by atoms with Crippen molar-refractivity contribution in [2.45, 2.75) is 6.92 Å². The monoisotopic (exact) mass is 360 g/mol. The molecule has 0 aliphatic carbocycles. The highest BCUT2D eigenvalue weighted by molar-refractivity contribution is 9.10. The predicted molar refractivity (Wildman–Crippen MR) is 73.4 cm³/mol. The van der Waals surface area contributed by atoms with Crippen molar-refractivity contribution in [3.8, 4) is 0 Å². The number of nitrogens with zero attached hydrogens (tertiary/aromatic N) is 3. The second-order valence-electron chi connectivity index (χ2n) is 3.73. The van der Waals surface area contributed by atoms with Crippen LogP contribution in [0.2, 0.25) is 5.02 Å². The molecule has 6 nitrogen and oxygen atoms in total. The molecule has 0 unspecified atom stereocenters. The summed E-state index contributed by atoms with van der Waals surface area (Å²) in [6, 6.07) is 3.54. The van der Waals surface area contributed by atoms with Crippen molar-refractivity contribution in [1.29, 1.82) is 0 Å². The molecule has 0 spiro atoms. The molecule has 1 aromatic carbocycles. The second kappa shape index (κ2) is 5.68. The maximum Gasteiger partial charge on any atom is 0.279 e. The Balaban J connectivity index is 2.26. The first-order chi connectivity index (χ1) is 9.38. The minimum Gasteiger partial charge on any atom is -0.319 e. The van der Waals surface area contributed by atoms with Crippen LogP contribution in [-0.2, 0) is 0 Å². The summed E-state index contributed by atoms with van der Waals surface area (Å²) < 4.78 is 13.0. The number of anilines is 1. The van der Waals surface area contributed by atoms with E-state index in [1.807, 2.05) is 0 Å². The molecule has 0 aliphatic heterocycles. The van der Waals surface area contributed by atoms with Gasteiger partial charge in [-0.05, 0) is 34.1 Å². The van der Waals surface area contributed by atoms with Crippen LogP contribution in [0, 0.1) is 5.82 Å². The highest BCUT2D eigenvalue weighted by Crippen LogP contribution is 2.23. The van der Waals surface area contributed by atoms with Gasteiger partial charge in [-0.2, -0.15) is 0 Å². The van der Waals surface area contributed by atoms with Crippen LogP contribution >= 0.6 is 27.5 Å². The van der Waals surface area contributed by atoms with E-state index in [0.717, 1.165) is 16.9 Å². The Morgan fingerprint density at radius 2 is 2.10 bits per heavy atom. The fourth-order valence-electron chi connectivity index (χ4n) is 1.34. The largest absolute Gasteiger partial charge is 0.319 e. The number of hydrogen-bond donors (Lipinski definition) is 1. The lowest BCUT2D eigenvalue weighted by molar-refractivity contribution is 0.0902. The molecule has 0 radical (unpaired) electrons. The first-order valence-corrected chi connectivity index (χ1v) is 6.46. The number of carbonyl (C=O) groups excluding carboxylic acids is 2. The minimum absolute atomic E-state index is 0.0495. The quantitative estimate of drug-likeness (QED) is 0.892. The number of nitrogens with one attached hydrogen (secondary N) is 1. The Labute approximate surface area is 126 Å². The predicted octanol–water partition coefficient (Wildman–Crippen LogP) is 2.75. The number of carbonyl (C=O) groups is 2. The van der Waals surface area contributed by atoms with E-state index in [2.05, 4.69) is 31.4 Å². The number of aromatic nitrogens is 3. The summed E-state index contributed by atoms with van der Waals surface area (Å²) in [6.07, 6.45) is 0. The third-order valence-corrected chi connectivity index (χ3v) is 3.10. The van der Waals surface area contributed by atoms with Gasteiger partial charge in [0, 0.05) is 6.92 Å². The lowest BCUT2D eigenvalue weighted by atomic mass is 10.3. The molecule has 2 aromatic rings. The highest BCUT2D eigenvalue weighted by Gasteiger charge is 2.19. The zero-order chi connectivity index (χ0) is 14.9. The lowest BCUT2D eigenvalue weighted by Gasteiger charge is -2.05. The topological polar surface area (TPSA) is 76.9 Å². The van der Waals surface area contributed by atoms with Gasteiger partial charge in [0.1, 0.15) is 5.82 Å². The second-order valence-corrected chi connectivity index (χ2v) is 4.88. The molecule has 9 heteroatoms. The lowest BCUT2D eigenvalue weighted by Crippen LogP contribution is -2.15. The third kappa shape index (κ3) is 3.02. The molecule has 0 aliphatic rings. The van der Waals surface area contributed by atoms with Crippen LogP contribution in [0.1, 0.15) is 22.2 Å². The molecule has 0 saturated carbocycles. The average molecular weight is 362 g/mol. The van der Waals surface area contributed by atoms with Crippen LogP contribution in [0.3, 0.4) is 0 Å². The Morgan fingerprint density at radius 1 is 1.40 bits per heavy atom. The molecule has 20 heavy (non-hydrogen) atoms. The van der Waals surface area contributed by atoms with Gasteiger partial charge in [-0.3, -0.25) is 9.59 Å². The normalized spacial score (nSPS) is 10.4. The molecule has 2 rings (SSSR count). The summed E-state index contributed by atoms with van der Waals surface area (Å²) in [4.78, 5) is 23.9. The summed E-state index contributed by atoms with van der Waals surface area (Å²) in [6.45, 7) is 1.25. The molecule has 104 valence electrons. The number of halogens is 3. The number of amides is 1. The molecular weight excluding hydrogens is 355 g/mol. The maximum absolute atomic E-state index is 12.9. The van der Waals surface area contributed by atoms with Gasteiger partial charge >= 0.3 is 0 Å². The van der Waals surface area contributed by atoms with Gasteiger partial charge in [-0.25, -0.2) is 4.39 Å². The molecule has 1 N–H and O–H groups in total. The van der Waals surface area contributed by atoms with Crippen LogP contribution in [0.5, 0.6) is 0 Å². The van der Waals surface area contributed by atoms with Crippen LogP contribution in [0.15, 0.2) is 22.8 Å². The van der Waals surface area contributed by atoms with Crippen LogP contribution < -0.4 is 5.32 Å². The summed E-state index contributed by atoms with van der Waals surface area (Å²) in [5.41, 5.74) is 0.142. The molecule has 0 saturated heterocycles. The smallest absolute Gasteiger partial charge is 0.279 e. The molecule has 1 amide bonds.